The second-order valence-electron chi connectivity index (χ2n) is 7.73. The Morgan fingerprint density at radius 2 is 1.67 bits per heavy atom. The van der Waals surface area contributed by atoms with Crippen molar-refractivity contribution < 1.29 is 9.84 Å². The van der Waals surface area contributed by atoms with E-state index in [4.69, 9.17) is 9.72 Å². The topological polar surface area (TPSA) is 47.3 Å². The van der Waals surface area contributed by atoms with Crippen LogP contribution in [0.3, 0.4) is 0 Å². The molecule has 0 fully saturated rings. The fourth-order valence-electron chi connectivity index (χ4n) is 3.69. The number of para-hydroxylation sites is 2. The maximum absolute atomic E-state index is 11.0. The molecule has 1 aromatic heterocycles. The molecule has 0 saturated heterocycles. The molecule has 30 heavy (non-hydrogen) atoms. The lowest BCUT2D eigenvalue weighted by atomic mass is 10.1. The van der Waals surface area contributed by atoms with Gasteiger partial charge in [-0.2, -0.15) is 0 Å². The van der Waals surface area contributed by atoms with Crippen molar-refractivity contribution in [3.8, 4) is 5.75 Å². The summed E-state index contributed by atoms with van der Waals surface area (Å²) in [6, 6.07) is 24.0. The molecule has 0 amide bonds. The van der Waals surface area contributed by atoms with Gasteiger partial charge in [-0.1, -0.05) is 48.5 Å². The summed E-state index contributed by atoms with van der Waals surface area (Å²) >= 11 is 0. The van der Waals surface area contributed by atoms with Gasteiger partial charge in [0.15, 0.2) is 0 Å². The number of rotatable bonds is 8. The average Bonchev–Trinajstić information content (AvgIpc) is 3.14. The summed E-state index contributed by atoms with van der Waals surface area (Å²) in [6.45, 7) is 5.67. The Bertz CT molecular complexity index is 1120. The van der Waals surface area contributed by atoms with E-state index < -0.39 is 6.10 Å². The molecule has 4 rings (SSSR count). The highest BCUT2D eigenvalue weighted by Gasteiger charge is 2.19. The van der Waals surface area contributed by atoms with Crippen LogP contribution >= 0.6 is 0 Å². The molecule has 0 aliphatic carbocycles. The van der Waals surface area contributed by atoms with Crippen molar-refractivity contribution in [2.24, 2.45) is 0 Å². The van der Waals surface area contributed by atoms with Crippen molar-refractivity contribution in [1.82, 2.24) is 9.55 Å². The van der Waals surface area contributed by atoms with E-state index >= 15 is 0 Å². The summed E-state index contributed by atoms with van der Waals surface area (Å²) in [5, 5.41) is 11.0. The molecule has 0 aliphatic rings. The van der Waals surface area contributed by atoms with Crippen molar-refractivity contribution in [2.45, 2.75) is 39.3 Å². The highest BCUT2D eigenvalue weighted by atomic mass is 16.5. The van der Waals surface area contributed by atoms with Crippen LogP contribution in [0.2, 0.25) is 0 Å². The zero-order valence-electron chi connectivity index (χ0n) is 17.6. The molecule has 3 aromatic carbocycles. The minimum atomic E-state index is -0.745. The number of fused-ring (bicyclic) bond motifs is 1. The molecule has 0 bridgehead atoms. The smallest absolute Gasteiger partial charge is 0.143 e. The summed E-state index contributed by atoms with van der Waals surface area (Å²) in [5.74, 6) is 1.61. The van der Waals surface area contributed by atoms with Gasteiger partial charge in [0.25, 0.3) is 0 Å². The number of hydrogen-bond acceptors (Lipinski definition) is 3. The lowest BCUT2D eigenvalue weighted by molar-refractivity contribution is 0.204. The molecule has 1 atom stereocenters. The van der Waals surface area contributed by atoms with Crippen LogP contribution in [-0.2, 0) is 6.54 Å². The van der Waals surface area contributed by atoms with E-state index in [1.165, 1.54) is 11.1 Å². The SMILES string of the molecule is Cc1ccc(OCCCCn2c(C(O)c3ccccc3)nc3ccccc32)cc1C. The number of hydrogen-bond donors (Lipinski definition) is 1. The number of aliphatic hydroxyl groups excluding tert-OH is 1. The third-order valence-electron chi connectivity index (χ3n) is 5.57. The number of imidazole rings is 1. The number of aryl methyl sites for hydroxylation is 3. The quantitative estimate of drug-likeness (QED) is 0.392. The summed E-state index contributed by atoms with van der Waals surface area (Å²) in [6.07, 6.45) is 1.13. The van der Waals surface area contributed by atoms with Crippen LogP contribution < -0.4 is 4.74 Å². The van der Waals surface area contributed by atoms with Crippen molar-refractivity contribution in [1.29, 1.82) is 0 Å². The van der Waals surface area contributed by atoms with Gasteiger partial charge >= 0.3 is 0 Å². The van der Waals surface area contributed by atoms with Crippen LogP contribution in [0.25, 0.3) is 11.0 Å². The van der Waals surface area contributed by atoms with Crippen molar-refractivity contribution in [3.05, 3.63) is 95.3 Å². The lowest BCUT2D eigenvalue weighted by Gasteiger charge is -2.15. The first-order chi connectivity index (χ1) is 14.6. The van der Waals surface area contributed by atoms with Gasteiger partial charge in [-0.15, -0.1) is 0 Å². The van der Waals surface area contributed by atoms with Crippen LogP contribution in [0.4, 0.5) is 0 Å². The van der Waals surface area contributed by atoms with Gasteiger partial charge in [-0.05, 0) is 67.6 Å². The molecular weight excluding hydrogens is 372 g/mol. The van der Waals surface area contributed by atoms with Crippen LogP contribution in [0, 0.1) is 13.8 Å². The third-order valence-corrected chi connectivity index (χ3v) is 5.57. The predicted molar refractivity (Wildman–Crippen MR) is 121 cm³/mol. The Kier molecular flexibility index (Phi) is 6.15. The average molecular weight is 401 g/mol. The van der Waals surface area contributed by atoms with E-state index in [0.717, 1.165) is 41.7 Å². The summed E-state index contributed by atoms with van der Waals surface area (Å²) < 4.78 is 8.06. The highest BCUT2D eigenvalue weighted by Crippen LogP contribution is 2.26. The molecule has 4 nitrogen and oxygen atoms in total. The Morgan fingerprint density at radius 1 is 0.900 bits per heavy atom. The van der Waals surface area contributed by atoms with E-state index in [0.29, 0.717) is 12.4 Å². The molecule has 4 heteroatoms. The maximum Gasteiger partial charge on any atom is 0.143 e. The molecule has 154 valence electrons. The number of nitrogens with zero attached hydrogens (tertiary/aromatic N) is 2. The highest BCUT2D eigenvalue weighted by molar-refractivity contribution is 5.76. The number of ether oxygens (including phenoxy) is 1. The first kappa shape index (κ1) is 20.2. The molecular formula is C26H28N2O2. The molecule has 1 heterocycles. The lowest BCUT2D eigenvalue weighted by Crippen LogP contribution is -2.11. The van der Waals surface area contributed by atoms with Crippen molar-refractivity contribution in [3.63, 3.8) is 0 Å². The molecule has 0 radical (unpaired) electrons. The van der Waals surface area contributed by atoms with Gasteiger partial charge in [-0.3, -0.25) is 0 Å². The number of aliphatic hydroxyl groups is 1. The number of unbranched alkanes of at least 4 members (excludes halogenated alkanes) is 1. The Morgan fingerprint density at radius 3 is 2.47 bits per heavy atom. The second-order valence-corrected chi connectivity index (χ2v) is 7.73. The maximum atomic E-state index is 11.0. The normalized spacial score (nSPS) is 12.2. The number of aromatic nitrogens is 2. The monoisotopic (exact) mass is 400 g/mol. The summed E-state index contributed by atoms with van der Waals surface area (Å²) in [4.78, 5) is 4.74. The van der Waals surface area contributed by atoms with Gasteiger partial charge in [0.1, 0.15) is 17.7 Å². The Hall–Kier alpha value is -3.11. The van der Waals surface area contributed by atoms with Gasteiger partial charge in [-0.25, -0.2) is 4.98 Å². The van der Waals surface area contributed by atoms with Crippen LogP contribution in [0.15, 0.2) is 72.8 Å². The number of benzene rings is 3. The third kappa shape index (κ3) is 4.39. The first-order valence-electron chi connectivity index (χ1n) is 10.5. The Balaban J connectivity index is 1.44. The van der Waals surface area contributed by atoms with Crippen LogP contribution in [0.5, 0.6) is 5.75 Å². The van der Waals surface area contributed by atoms with Crippen molar-refractivity contribution in [2.75, 3.05) is 6.61 Å². The van der Waals surface area contributed by atoms with Crippen LogP contribution in [-0.4, -0.2) is 21.3 Å². The van der Waals surface area contributed by atoms with E-state index in [1.54, 1.807) is 0 Å². The van der Waals surface area contributed by atoms with Gasteiger partial charge in [0.05, 0.1) is 17.6 Å². The summed E-state index contributed by atoms with van der Waals surface area (Å²) in [7, 11) is 0. The molecule has 1 N–H and O–H groups in total. The van der Waals surface area contributed by atoms with Gasteiger partial charge < -0.3 is 14.4 Å². The zero-order valence-corrected chi connectivity index (χ0v) is 17.6. The van der Waals surface area contributed by atoms with E-state index in [-0.39, 0.29) is 0 Å². The second kappa shape index (κ2) is 9.14. The first-order valence-corrected chi connectivity index (χ1v) is 10.5. The van der Waals surface area contributed by atoms with Crippen LogP contribution in [0.1, 0.15) is 41.5 Å². The fraction of sp³-hybridized carbons (Fsp3) is 0.269. The largest absolute Gasteiger partial charge is 0.494 e. The Labute approximate surface area is 177 Å². The van der Waals surface area contributed by atoms with E-state index in [1.807, 2.05) is 54.6 Å². The van der Waals surface area contributed by atoms with Crippen molar-refractivity contribution >= 4 is 11.0 Å². The van der Waals surface area contributed by atoms with Gasteiger partial charge in [0.2, 0.25) is 0 Å². The zero-order chi connectivity index (χ0) is 20.9. The minimum absolute atomic E-state index is 0.672. The summed E-state index contributed by atoms with van der Waals surface area (Å²) in [5.41, 5.74) is 5.34. The minimum Gasteiger partial charge on any atom is -0.494 e. The molecule has 1 unspecified atom stereocenters. The van der Waals surface area contributed by atoms with Gasteiger partial charge in [0, 0.05) is 6.54 Å². The standard InChI is InChI=1S/C26H28N2O2/c1-19-14-15-22(18-20(19)2)30-17-9-8-16-28-24-13-7-6-12-23(24)27-26(28)25(29)21-10-4-3-5-11-21/h3-7,10-15,18,25,29H,8-9,16-17H2,1-2H3. The van der Waals surface area contributed by atoms with E-state index in [9.17, 15) is 5.11 Å². The molecule has 0 aliphatic heterocycles. The fourth-order valence-corrected chi connectivity index (χ4v) is 3.69. The molecule has 0 saturated carbocycles. The molecule has 0 spiro atoms. The predicted octanol–water partition coefficient (Wildman–Crippen LogP) is 5.59. The van der Waals surface area contributed by atoms with E-state index in [2.05, 4.69) is 36.6 Å². The molecule has 4 aromatic rings.